The van der Waals surface area contributed by atoms with Crippen LogP contribution in [0, 0.1) is 34.5 Å². The maximum Gasteiger partial charge on any atom is 0.287 e. The number of halogens is 2. The summed E-state index contributed by atoms with van der Waals surface area (Å²) >= 11 is 0. The summed E-state index contributed by atoms with van der Waals surface area (Å²) in [7, 11) is -3.54. The highest BCUT2D eigenvalue weighted by Gasteiger charge is 2.69. The molecule has 2 aliphatic heterocycles. The summed E-state index contributed by atoms with van der Waals surface area (Å²) in [5.74, 6) is -7.26. The van der Waals surface area contributed by atoms with Gasteiger partial charge in [0.15, 0.2) is 15.6 Å². The maximum atomic E-state index is 15.1. The molecule has 1 N–H and O–H groups in total. The average molecular weight is 753 g/mol. The number of rotatable bonds is 9. The van der Waals surface area contributed by atoms with Crippen molar-refractivity contribution < 1.29 is 41.2 Å². The van der Waals surface area contributed by atoms with Crippen LogP contribution in [-0.2, 0) is 33.8 Å². The summed E-state index contributed by atoms with van der Waals surface area (Å²) in [6.07, 6.45) is 5.65. The van der Waals surface area contributed by atoms with E-state index in [0.29, 0.717) is 32.2 Å². The molecule has 0 bridgehead atoms. The molecule has 0 spiro atoms. The minimum absolute atomic E-state index is 0.00953. The number of piperidine rings is 1. The number of hydrogen-bond donors (Lipinski definition) is 1. The molecule has 0 unspecified atom stereocenters. The molecule has 5 aliphatic rings. The zero-order valence-corrected chi connectivity index (χ0v) is 32.9. The van der Waals surface area contributed by atoms with Crippen LogP contribution in [0.3, 0.4) is 0 Å². The minimum atomic E-state index is -3.54. The van der Waals surface area contributed by atoms with Crippen LogP contribution in [0.25, 0.3) is 0 Å². The van der Waals surface area contributed by atoms with E-state index in [2.05, 4.69) is 19.2 Å². The molecular weight excluding hydrogens is 691 g/mol. The van der Waals surface area contributed by atoms with Gasteiger partial charge >= 0.3 is 0 Å². The second kappa shape index (κ2) is 15.5. The number of nitrogens with one attached hydrogen (secondary N) is 1. The van der Waals surface area contributed by atoms with Gasteiger partial charge in [-0.1, -0.05) is 46.0 Å². The lowest BCUT2D eigenvalue weighted by Gasteiger charge is -2.39. The normalized spacial score (nSPS) is 31.3. The fourth-order valence-corrected chi connectivity index (χ4v) is 11.2. The predicted octanol–water partition coefficient (Wildman–Crippen LogP) is 6.79. The molecule has 0 aromatic rings. The van der Waals surface area contributed by atoms with Crippen molar-refractivity contribution in [1.82, 2.24) is 10.2 Å². The van der Waals surface area contributed by atoms with Crippen LogP contribution >= 0.6 is 0 Å². The van der Waals surface area contributed by atoms with Gasteiger partial charge in [-0.25, -0.2) is 17.2 Å². The van der Waals surface area contributed by atoms with Crippen molar-refractivity contribution in [3.05, 3.63) is 0 Å². The fourth-order valence-electron chi connectivity index (χ4n) is 9.53. The largest absolute Gasteiger partial charge is 0.347 e. The van der Waals surface area contributed by atoms with E-state index in [-0.39, 0.29) is 92.0 Å². The Balaban J connectivity index is 1.40. The first-order chi connectivity index (χ1) is 24.2. The molecule has 5 fully saturated rings. The van der Waals surface area contributed by atoms with Gasteiger partial charge in [-0.15, -0.1) is 0 Å². The molecule has 2 saturated heterocycles. The third kappa shape index (κ3) is 9.52. The van der Waals surface area contributed by atoms with E-state index >= 15 is 8.78 Å². The first-order valence-electron chi connectivity index (χ1n) is 20.0. The zero-order chi connectivity index (χ0) is 38.3. The highest BCUT2D eigenvalue weighted by molar-refractivity contribution is 7.92. The van der Waals surface area contributed by atoms with Gasteiger partial charge in [-0.05, 0) is 94.8 Å². The number of amides is 2. The summed E-state index contributed by atoms with van der Waals surface area (Å²) in [5.41, 5.74) is -0.943. The highest BCUT2D eigenvalue weighted by atomic mass is 32.2. The van der Waals surface area contributed by atoms with E-state index in [0.717, 1.165) is 32.1 Å². The molecular formula is C40H62F2N2O7S. The quantitative estimate of drug-likeness (QED) is 0.256. The molecule has 0 aromatic heterocycles. The number of nitrogens with zero attached hydrogens (tertiary/aromatic N) is 1. The van der Waals surface area contributed by atoms with Crippen LogP contribution in [0.5, 0.6) is 0 Å². The molecule has 294 valence electrons. The average Bonchev–Trinajstić information content (AvgIpc) is 3.89. The summed E-state index contributed by atoms with van der Waals surface area (Å²) in [5, 5.41) is 2.73. The molecule has 0 radical (unpaired) electrons. The molecule has 5 atom stereocenters. The number of hydrogen-bond acceptors (Lipinski definition) is 7. The van der Waals surface area contributed by atoms with Gasteiger partial charge in [0.25, 0.3) is 5.91 Å². The minimum Gasteiger partial charge on any atom is -0.347 e. The summed E-state index contributed by atoms with van der Waals surface area (Å²) in [6.45, 7) is 9.40. The van der Waals surface area contributed by atoms with E-state index in [4.69, 9.17) is 0 Å². The molecule has 3 aliphatic carbocycles. The molecule has 2 heterocycles. The van der Waals surface area contributed by atoms with E-state index in [1.54, 1.807) is 25.7 Å². The van der Waals surface area contributed by atoms with Crippen LogP contribution in [-0.4, -0.2) is 77.5 Å². The number of sulfone groups is 1. The van der Waals surface area contributed by atoms with Crippen molar-refractivity contribution in [2.75, 3.05) is 12.3 Å². The summed E-state index contributed by atoms with van der Waals surface area (Å²) in [6, 6.07) is -0.852. The van der Waals surface area contributed by atoms with Crippen LogP contribution in [0.15, 0.2) is 0 Å². The number of alkyl halides is 2. The van der Waals surface area contributed by atoms with Gasteiger partial charge < -0.3 is 10.2 Å². The molecule has 3 saturated carbocycles. The maximum absolute atomic E-state index is 15.1. The topological polar surface area (TPSA) is 135 Å². The van der Waals surface area contributed by atoms with Crippen molar-refractivity contribution >= 4 is 39.0 Å². The third-order valence-electron chi connectivity index (χ3n) is 13.2. The van der Waals surface area contributed by atoms with Crippen molar-refractivity contribution in [3.8, 4) is 0 Å². The van der Waals surface area contributed by atoms with Gasteiger partial charge in [-0.3, -0.25) is 24.0 Å². The first-order valence-corrected chi connectivity index (χ1v) is 21.6. The first kappa shape index (κ1) is 40.9. The van der Waals surface area contributed by atoms with E-state index in [1.807, 2.05) is 0 Å². The van der Waals surface area contributed by atoms with Gasteiger partial charge in [-0.2, -0.15) is 0 Å². The molecule has 12 heteroatoms. The Bertz CT molecular complexity index is 1490. The zero-order valence-electron chi connectivity index (χ0n) is 32.1. The highest BCUT2D eigenvalue weighted by Crippen LogP contribution is 2.65. The SMILES string of the molecule is CC1(C)[C@@H]2[C@H]3C(=O)C[C@H](C(=O)C(=O)NC4CC4)CCCCCC(F)(F)CCC[C@H](CC(=O)CC4(CS(=O)(=O)C(C)(C)C)CCCCC4)C(=O)N3C[C@@H]21. The number of carbonyl (C=O) groups excluding carboxylic acids is 5. The lowest BCUT2D eigenvalue weighted by molar-refractivity contribution is -0.146. The lowest BCUT2D eigenvalue weighted by Crippen LogP contribution is -2.49. The Morgan fingerprint density at radius 3 is 2.12 bits per heavy atom. The predicted molar refractivity (Wildman–Crippen MR) is 194 cm³/mol. The van der Waals surface area contributed by atoms with Crippen LogP contribution < -0.4 is 5.32 Å². The Hall–Kier alpha value is -2.24. The second-order valence-electron chi connectivity index (χ2n) is 18.8. The number of Topliss-reactive ketones (excluding diaryl/α,β-unsaturated/α-hetero) is 3. The van der Waals surface area contributed by atoms with Gasteiger partial charge in [0.1, 0.15) is 5.78 Å². The fraction of sp³-hybridized carbons (Fsp3) is 0.875. The second-order valence-corrected chi connectivity index (χ2v) is 21.5. The third-order valence-corrected chi connectivity index (χ3v) is 16.1. The van der Waals surface area contributed by atoms with E-state index in [9.17, 15) is 32.4 Å². The molecule has 0 aromatic carbocycles. The standard InChI is InChI=1S/C40H62F2N2O7S/c1-37(2,3)52(50,51)25-39(17-9-7-10-18-39)23-29(45)21-27-14-12-20-40(41,42)19-11-6-8-13-26(34(47)35(48)43-28-15-16-28)22-31(46)33-32-30(38(32,4)5)24-44(33)36(27)49/h26-28,30,32-33H,6-25H2,1-5H3,(H,43,48)/t26-,27-,30+,32+,33-/m1/s1. The van der Waals surface area contributed by atoms with Gasteiger partial charge in [0, 0.05) is 56.5 Å². The summed E-state index contributed by atoms with van der Waals surface area (Å²) < 4.78 is 56.0. The number of ketones is 3. The van der Waals surface area contributed by atoms with Crippen molar-refractivity contribution in [2.24, 2.45) is 34.5 Å². The number of carbonyl (C=O) groups is 5. The van der Waals surface area contributed by atoms with Crippen molar-refractivity contribution in [2.45, 2.75) is 173 Å². The number of fused-ring (bicyclic) bond motifs is 3. The Morgan fingerprint density at radius 2 is 1.48 bits per heavy atom. The van der Waals surface area contributed by atoms with Crippen molar-refractivity contribution in [3.63, 3.8) is 0 Å². The molecule has 5 rings (SSSR count). The van der Waals surface area contributed by atoms with Gasteiger partial charge in [0.2, 0.25) is 17.6 Å². The van der Waals surface area contributed by atoms with Crippen LogP contribution in [0.2, 0.25) is 0 Å². The Labute approximate surface area is 309 Å². The van der Waals surface area contributed by atoms with Gasteiger partial charge in [0.05, 0.1) is 16.5 Å². The monoisotopic (exact) mass is 752 g/mol. The van der Waals surface area contributed by atoms with E-state index in [1.165, 1.54) is 0 Å². The smallest absolute Gasteiger partial charge is 0.287 e. The molecule has 9 nitrogen and oxygen atoms in total. The molecule has 2 amide bonds. The summed E-state index contributed by atoms with van der Waals surface area (Å²) in [4.78, 5) is 70.6. The lowest BCUT2D eigenvalue weighted by atomic mass is 9.71. The Kier molecular flexibility index (Phi) is 12.2. The van der Waals surface area contributed by atoms with Crippen LogP contribution in [0.1, 0.15) is 150 Å². The van der Waals surface area contributed by atoms with Crippen LogP contribution in [0.4, 0.5) is 8.78 Å². The molecule has 52 heavy (non-hydrogen) atoms. The van der Waals surface area contributed by atoms with E-state index < -0.39 is 67.8 Å². The van der Waals surface area contributed by atoms with Crippen molar-refractivity contribution in [1.29, 1.82) is 0 Å². The Morgan fingerprint density at radius 1 is 0.865 bits per heavy atom.